The summed E-state index contributed by atoms with van der Waals surface area (Å²) in [7, 11) is -3.25. The lowest BCUT2D eigenvalue weighted by Crippen LogP contribution is -2.41. The third-order valence-corrected chi connectivity index (χ3v) is 7.24. The second-order valence-corrected chi connectivity index (χ2v) is 10.1. The number of pyridine rings is 1. The van der Waals surface area contributed by atoms with Crippen LogP contribution in [0, 0.1) is 17.5 Å². The number of hydrogen-bond acceptors (Lipinski definition) is 5. The predicted octanol–water partition coefficient (Wildman–Crippen LogP) is 4.03. The number of anilines is 1. The van der Waals surface area contributed by atoms with Gasteiger partial charge in [0.05, 0.1) is 23.0 Å². The van der Waals surface area contributed by atoms with Gasteiger partial charge < -0.3 is 5.32 Å². The first-order chi connectivity index (χ1) is 15.7. The summed E-state index contributed by atoms with van der Waals surface area (Å²) in [5.41, 5.74) is 0.492. The highest BCUT2D eigenvalue weighted by Crippen LogP contribution is 2.36. The third kappa shape index (κ3) is 3.91. The molecule has 1 aliphatic heterocycles. The summed E-state index contributed by atoms with van der Waals surface area (Å²) in [4.78, 5) is 4.51. The minimum atomic E-state index is -3.25. The number of halogens is 3. The van der Waals surface area contributed by atoms with E-state index in [1.54, 1.807) is 0 Å². The number of sulfonamides is 1. The number of benzene rings is 2. The van der Waals surface area contributed by atoms with E-state index >= 15 is 0 Å². The molecule has 0 amide bonds. The Bertz CT molecular complexity index is 1460. The monoisotopic (exact) mass is 475 g/mol. The van der Waals surface area contributed by atoms with E-state index in [0.29, 0.717) is 48.2 Å². The zero-order chi connectivity index (χ0) is 23.3. The maximum absolute atomic E-state index is 14.6. The molecule has 1 fully saturated rings. The standard InChI is InChI=1S/C22H20F3N5O2S/c1-33(31,32)30-9-7-13(8-10-30)26-22-21-20(28-29-22)14-6-5-12(23)11-15(14)19(27-21)18-16(24)3-2-4-17(18)25/h2-6,11,13H,7-10H2,1H3,(H2,26,28,29). The molecule has 0 spiro atoms. The largest absolute Gasteiger partial charge is 0.364 e. The van der Waals surface area contributed by atoms with Gasteiger partial charge in [-0.1, -0.05) is 6.07 Å². The molecule has 33 heavy (non-hydrogen) atoms. The van der Waals surface area contributed by atoms with Crippen LogP contribution >= 0.6 is 0 Å². The summed E-state index contributed by atoms with van der Waals surface area (Å²) >= 11 is 0. The van der Waals surface area contributed by atoms with Crippen molar-refractivity contribution in [1.29, 1.82) is 0 Å². The second kappa shape index (κ2) is 7.99. The number of rotatable bonds is 4. The number of piperidine rings is 1. The van der Waals surface area contributed by atoms with Crippen LogP contribution < -0.4 is 5.32 Å². The van der Waals surface area contributed by atoms with Gasteiger partial charge in [-0.15, -0.1) is 0 Å². The molecule has 0 atom stereocenters. The molecule has 0 unspecified atom stereocenters. The fourth-order valence-corrected chi connectivity index (χ4v) is 5.15. The Kier molecular flexibility index (Phi) is 5.25. The van der Waals surface area contributed by atoms with Crippen molar-refractivity contribution in [3.8, 4) is 11.3 Å². The van der Waals surface area contributed by atoms with E-state index in [1.807, 2.05) is 0 Å². The summed E-state index contributed by atoms with van der Waals surface area (Å²) in [5, 5.41) is 11.2. The molecule has 2 aromatic heterocycles. The van der Waals surface area contributed by atoms with Gasteiger partial charge in [-0.2, -0.15) is 5.10 Å². The van der Waals surface area contributed by atoms with Crippen LogP contribution in [0.5, 0.6) is 0 Å². The summed E-state index contributed by atoms with van der Waals surface area (Å²) in [5.74, 6) is -1.79. The fourth-order valence-electron chi connectivity index (χ4n) is 4.28. The van der Waals surface area contributed by atoms with Crippen molar-refractivity contribution in [2.24, 2.45) is 0 Å². The van der Waals surface area contributed by atoms with Crippen molar-refractivity contribution in [1.82, 2.24) is 19.5 Å². The lowest BCUT2D eigenvalue weighted by molar-refractivity contribution is 0.331. The van der Waals surface area contributed by atoms with Crippen molar-refractivity contribution < 1.29 is 21.6 Å². The van der Waals surface area contributed by atoms with Crippen LogP contribution in [0.15, 0.2) is 36.4 Å². The Morgan fingerprint density at radius 3 is 2.42 bits per heavy atom. The van der Waals surface area contributed by atoms with E-state index in [4.69, 9.17) is 0 Å². The summed E-state index contributed by atoms with van der Waals surface area (Å²) < 4.78 is 68.2. The van der Waals surface area contributed by atoms with E-state index in [9.17, 15) is 21.6 Å². The van der Waals surface area contributed by atoms with Crippen molar-refractivity contribution in [3.63, 3.8) is 0 Å². The number of H-pyrrole nitrogens is 1. The first-order valence-corrected chi connectivity index (χ1v) is 12.2. The second-order valence-electron chi connectivity index (χ2n) is 8.12. The highest BCUT2D eigenvalue weighted by atomic mass is 32.2. The molecule has 0 aliphatic carbocycles. The summed E-state index contributed by atoms with van der Waals surface area (Å²) in [6, 6.07) is 7.41. The van der Waals surface area contributed by atoms with Crippen LogP contribution in [0.3, 0.4) is 0 Å². The minimum Gasteiger partial charge on any atom is -0.364 e. The summed E-state index contributed by atoms with van der Waals surface area (Å²) in [6.07, 6.45) is 2.31. The quantitative estimate of drug-likeness (QED) is 0.465. The highest BCUT2D eigenvalue weighted by Gasteiger charge is 2.26. The lowest BCUT2D eigenvalue weighted by Gasteiger charge is -2.30. The first kappa shape index (κ1) is 21.7. The average molecular weight is 475 g/mol. The van der Waals surface area contributed by atoms with Crippen LogP contribution in [0.4, 0.5) is 19.0 Å². The third-order valence-electron chi connectivity index (χ3n) is 5.93. The Labute approximate surface area is 187 Å². The predicted molar refractivity (Wildman–Crippen MR) is 120 cm³/mol. The maximum Gasteiger partial charge on any atom is 0.211 e. The smallest absolute Gasteiger partial charge is 0.211 e. The Morgan fingerprint density at radius 1 is 1.06 bits per heavy atom. The Balaban J connectivity index is 1.60. The van der Waals surface area contributed by atoms with Gasteiger partial charge in [0.1, 0.15) is 23.0 Å². The summed E-state index contributed by atoms with van der Waals surface area (Å²) in [6.45, 7) is 0.750. The number of hydrogen-bond donors (Lipinski definition) is 2. The van der Waals surface area contributed by atoms with Crippen LogP contribution in [0.25, 0.3) is 33.1 Å². The molecule has 11 heteroatoms. The molecule has 7 nitrogen and oxygen atoms in total. The van der Waals surface area contributed by atoms with Gasteiger partial charge >= 0.3 is 0 Å². The van der Waals surface area contributed by atoms with E-state index in [1.165, 1.54) is 34.8 Å². The average Bonchev–Trinajstić information content (AvgIpc) is 3.16. The van der Waals surface area contributed by atoms with Crippen molar-refractivity contribution in [2.45, 2.75) is 18.9 Å². The van der Waals surface area contributed by atoms with E-state index < -0.39 is 27.5 Å². The van der Waals surface area contributed by atoms with E-state index in [2.05, 4.69) is 20.5 Å². The Morgan fingerprint density at radius 2 is 1.76 bits per heavy atom. The van der Waals surface area contributed by atoms with Gasteiger partial charge in [0.2, 0.25) is 10.0 Å². The molecular formula is C22H20F3N5O2S. The lowest BCUT2D eigenvalue weighted by atomic mass is 10.0. The minimum absolute atomic E-state index is 0.0241. The molecule has 1 aliphatic rings. The number of fused-ring (bicyclic) bond motifs is 3. The number of nitrogens with one attached hydrogen (secondary N) is 2. The molecule has 2 N–H and O–H groups in total. The fraction of sp³-hybridized carbons (Fsp3) is 0.273. The van der Waals surface area contributed by atoms with Crippen molar-refractivity contribution in [2.75, 3.05) is 24.7 Å². The van der Waals surface area contributed by atoms with Crippen LogP contribution in [0.1, 0.15) is 12.8 Å². The number of aromatic amines is 1. The van der Waals surface area contributed by atoms with Gasteiger partial charge in [0, 0.05) is 29.9 Å². The first-order valence-electron chi connectivity index (χ1n) is 10.4. The van der Waals surface area contributed by atoms with Gasteiger partial charge in [-0.3, -0.25) is 5.10 Å². The molecule has 0 radical (unpaired) electrons. The topological polar surface area (TPSA) is 91.0 Å². The maximum atomic E-state index is 14.6. The van der Waals surface area contributed by atoms with Crippen LogP contribution in [-0.2, 0) is 10.0 Å². The van der Waals surface area contributed by atoms with E-state index in [0.717, 1.165) is 12.1 Å². The highest BCUT2D eigenvalue weighted by molar-refractivity contribution is 7.88. The molecule has 172 valence electrons. The van der Waals surface area contributed by atoms with Gasteiger partial charge in [-0.05, 0) is 43.2 Å². The molecule has 3 heterocycles. The van der Waals surface area contributed by atoms with E-state index in [-0.39, 0.29) is 22.7 Å². The molecule has 1 saturated heterocycles. The zero-order valence-electron chi connectivity index (χ0n) is 17.6. The van der Waals surface area contributed by atoms with Crippen LogP contribution in [-0.4, -0.2) is 53.3 Å². The molecule has 5 rings (SSSR count). The molecular weight excluding hydrogens is 455 g/mol. The zero-order valence-corrected chi connectivity index (χ0v) is 18.4. The number of aromatic nitrogens is 3. The molecule has 2 aromatic carbocycles. The van der Waals surface area contributed by atoms with Gasteiger partial charge in [-0.25, -0.2) is 30.9 Å². The van der Waals surface area contributed by atoms with Gasteiger partial charge in [0.25, 0.3) is 0 Å². The Hall–Kier alpha value is -3.18. The SMILES string of the molecule is CS(=O)(=O)N1CCC(Nc2n[nH]c3c2nc(-c2c(F)cccc2F)c2cc(F)ccc23)CC1. The molecule has 0 bridgehead atoms. The number of nitrogens with zero attached hydrogens (tertiary/aromatic N) is 3. The van der Waals surface area contributed by atoms with Gasteiger partial charge in [0.15, 0.2) is 5.82 Å². The normalized spacial score (nSPS) is 16.0. The van der Waals surface area contributed by atoms with Crippen LogP contribution in [0.2, 0.25) is 0 Å². The molecule has 0 saturated carbocycles. The van der Waals surface area contributed by atoms with Crippen molar-refractivity contribution >= 4 is 37.6 Å². The van der Waals surface area contributed by atoms with Crippen molar-refractivity contribution in [3.05, 3.63) is 53.8 Å². The molecule has 4 aromatic rings.